The van der Waals surface area contributed by atoms with Gasteiger partial charge in [-0.05, 0) is 39.0 Å². The van der Waals surface area contributed by atoms with Gasteiger partial charge in [-0.3, -0.25) is 0 Å². The molecule has 1 unspecified atom stereocenters. The minimum Gasteiger partial charge on any atom is -0.390 e. The fraction of sp³-hybridized carbons (Fsp3) is 0.800. The van der Waals surface area contributed by atoms with Gasteiger partial charge in [0.05, 0.1) is 11.7 Å². The summed E-state index contributed by atoms with van der Waals surface area (Å²) < 4.78 is 0. The normalized spacial score (nSPS) is 42.7. The monoisotopic (exact) mass is 170 g/mol. The third-order valence-corrected chi connectivity index (χ3v) is 2.92. The van der Waals surface area contributed by atoms with Crippen molar-refractivity contribution in [3.8, 4) is 0 Å². The van der Waals surface area contributed by atoms with Gasteiger partial charge in [0, 0.05) is 0 Å². The first-order chi connectivity index (χ1) is 5.43. The molecule has 0 aromatic carbocycles. The van der Waals surface area contributed by atoms with Gasteiger partial charge in [-0.2, -0.15) is 0 Å². The average molecular weight is 170 g/mol. The molecule has 2 N–H and O–H groups in total. The molecule has 0 saturated heterocycles. The highest BCUT2D eigenvalue weighted by Gasteiger charge is 2.37. The molecular weight excluding hydrogens is 152 g/mol. The third kappa shape index (κ3) is 1.87. The summed E-state index contributed by atoms with van der Waals surface area (Å²) in [7, 11) is 0. The zero-order chi connectivity index (χ0) is 9.35. The highest BCUT2D eigenvalue weighted by Crippen LogP contribution is 2.34. The van der Waals surface area contributed by atoms with Crippen LogP contribution in [0.5, 0.6) is 0 Å². The minimum absolute atomic E-state index is 0.389. The van der Waals surface area contributed by atoms with Gasteiger partial charge >= 0.3 is 0 Å². The van der Waals surface area contributed by atoms with Crippen LogP contribution in [-0.2, 0) is 0 Å². The van der Waals surface area contributed by atoms with E-state index >= 15 is 0 Å². The van der Waals surface area contributed by atoms with Crippen LogP contribution in [0.2, 0.25) is 0 Å². The highest BCUT2D eigenvalue weighted by atomic mass is 16.3. The van der Waals surface area contributed by atoms with Gasteiger partial charge in [0.2, 0.25) is 0 Å². The molecule has 0 aromatic rings. The van der Waals surface area contributed by atoms with Crippen LogP contribution in [0, 0.1) is 5.92 Å². The van der Waals surface area contributed by atoms with Gasteiger partial charge in [0.25, 0.3) is 0 Å². The number of hydrogen-bond acceptors (Lipinski definition) is 2. The molecule has 2 nitrogen and oxygen atoms in total. The number of aliphatic hydroxyl groups excluding tert-OH is 1. The molecule has 0 heterocycles. The summed E-state index contributed by atoms with van der Waals surface area (Å²) >= 11 is 0. The molecule has 0 bridgehead atoms. The van der Waals surface area contributed by atoms with Gasteiger partial charge in [0.15, 0.2) is 0 Å². The summed E-state index contributed by atoms with van der Waals surface area (Å²) in [6.45, 7) is 7.55. The second-order valence-electron chi connectivity index (χ2n) is 4.19. The number of hydrogen-bond donors (Lipinski definition) is 2. The summed E-state index contributed by atoms with van der Waals surface area (Å²) in [5.74, 6) is 0.389. The predicted molar refractivity (Wildman–Crippen MR) is 48.8 cm³/mol. The van der Waals surface area contributed by atoms with Crippen LogP contribution in [0.4, 0.5) is 0 Å². The van der Waals surface area contributed by atoms with Crippen LogP contribution in [0.3, 0.4) is 0 Å². The van der Waals surface area contributed by atoms with E-state index < -0.39 is 11.7 Å². The lowest BCUT2D eigenvalue weighted by molar-refractivity contribution is -0.0952. The van der Waals surface area contributed by atoms with Crippen LogP contribution in [0.25, 0.3) is 0 Å². The Morgan fingerprint density at radius 2 is 2.17 bits per heavy atom. The van der Waals surface area contributed by atoms with E-state index in [0.29, 0.717) is 18.8 Å². The highest BCUT2D eigenvalue weighted by molar-refractivity contribution is 5.02. The van der Waals surface area contributed by atoms with Gasteiger partial charge in [-0.25, -0.2) is 0 Å². The Morgan fingerprint density at radius 3 is 2.58 bits per heavy atom. The van der Waals surface area contributed by atoms with Crippen molar-refractivity contribution in [2.45, 2.75) is 44.8 Å². The van der Waals surface area contributed by atoms with E-state index in [1.54, 1.807) is 6.92 Å². The van der Waals surface area contributed by atoms with E-state index in [1.807, 2.05) is 6.92 Å². The molecule has 1 aliphatic carbocycles. The van der Waals surface area contributed by atoms with Crippen molar-refractivity contribution in [1.82, 2.24) is 0 Å². The molecule has 1 aliphatic rings. The Kier molecular flexibility index (Phi) is 2.59. The van der Waals surface area contributed by atoms with Gasteiger partial charge in [-0.1, -0.05) is 12.2 Å². The molecule has 12 heavy (non-hydrogen) atoms. The van der Waals surface area contributed by atoms with Crippen LogP contribution in [0.15, 0.2) is 12.2 Å². The van der Waals surface area contributed by atoms with Crippen molar-refractivity contribution in [1.29, 1.82) is 0 Å². The predicted octanol–water partition coefficient (Wildman–Crippen LogP) is 1.47. The molecule has 0 aliphatic heterocycles. The van der Waals surface area contributed by atoms with E-state index in [9.17, 15) is 10.2 Å². The Labute approximate surface area is 73.9 Å². The van der Waals surface area contributed by atoms with Crippen LogP contribution in [-0.4, -0.2) is 21.9 Å². The van der Waals surface area contributed by atoms with Gasteiger partial charge in [-0.15, -0.1) is 0 Å². The maximum Gasteiger partial charge on any atom is 0.0877 e. The van der Waals surface area contributed by atoms with E-state index in [4.69, 9.17) is 0 Å². The average Bonchev–Trinajstić information content (AvgIpc) is 1.94. The third-order valence-electron chi connectivity index (χ3n) is 2.92. The second kappa shape index (κ2) is 3.19. The van der Waals surface area contributed by atoms with Crippen LogP contribution in [0.1, 0.15) is 33.1 Å². The lowest BCUT2D eigenvalue weighted by Gasteiger charge is -2.38. The number of allylic oxidation sites excluding steroid dienone is 1. The molecule has 1 fully saturated rings. The minimum atomic E-state index is -0.883. The molecule has 2 heteroatoms. The Hall–Kier alpha value is -0.340. The molecule has 3 atom stereocenters. The first-order valence-corrected chi connectivity index (χ1v) is 4.49. The molecule has 0 radical (unpaired) electrons. The molecule has 0 aromatic heterocycles. The van der Waals surface area contributed by atoms with Crippen molar-refractivity contribution in [3.63, 3.8) is 0 Å². The standard InChI is InChI=1S/C10H18O2/c1-7(2)8-4-5-10(3,12)9(11)6-8/h8-9,11-12H,1,4-6H2,2-3H3/t8-,9-,10?/m1/s1. The zero-order valence-corrected chi connectivity index (χ0v) is 7.88. The smallest absolute Gasteiger partial charge is 0.0877 e. The summed E-state index contributed by atoms with van der Waals surface area (Å²) in [5, 5.41) is 19.2. The Bertz CT molecular complexity index is 184. The van der Waals surface area contributed by atoms with Crippen molar-refractivity contribution in [2.24, 2.45) is 5.92 Å². The van der Waals surface area contributed by atoms with Crippen molar-refractivity contribution >= 4 is 0 Å². The number of rotatable bonds is 1. The molecule has 1 rings (SSSR count). The van der Waals surface area contributed by atoms with Gasteiger partial charge in [0.1, 0.15) is 0 Å². The summed E-state index contributed by atoms with van der Waals surface area (Å²) in [6, 6.07) is 0. The molecule has 70 valence electrons. The van der Waals surface area contributed by atoms with E-state index in [0.717, 1.165) is 12.0 Å². The molecule has 0 spiro atoms. The summed E-state index contributed by atoms with van der Waals surface area (Å²) in [4.78, 5) is 0. The maximum absolute atomic E-state index is 9.66. The second-order valence-corrected chi connectivity index (χ2v) is 4.19. The maximum atomic E-state index is 9.66. The SMILES string of the molecule is C=C(C)[C@@H]1CCC(C)(O)[C@H](O)C1. The summed E-state index contributed by atoms with van der Waals surface area (Å²) in [5.41, 5.74) is 0.232. The van der Waals surface area contributed by atoms with Crippen LogP contribution < -0.4 is 0 Å². The summed E-state index contributed by atoms with van der Waals surface area (Å²) in [6.07, 6.45) is 1.68. The van der Waals surface area contributed by atoms with Gasteiger partial charge < -0.3 is 10.2 Å². The largest absolute Gasteiger partial charge is 0.390 e. The van der Waals surface area contributed by atoms with E-state index in [2.05, 4.69) is 6.58 Å². The van der Waals surface area contributed by atoms with Crippen LogP contribution >= 0.6 is 0 Å². The van der Waals surface area contributed by atoms with Crippen molar-refractivity contribution in [2.75, 3.05) is 0 Å². The molecule has 0 amide bonds. The first-order valence-electron chi connectivity index (χ1n) is 4.49. The first kappa shape index (κ1) is 9.75. The quantitative estimate of drug-likeness (QED) is 0.585. The van der Waals surface area contributed by atoms with E-state index in [1.165, 1.54) is 0 Å². The zero-order valence-electron chi connectivity index (χ0n) is 7.88. The lowest BCUT2D eigenvalue weighted by atomic mass is 9.75. The molecular formula is C10H18O2. The van der Waals surface area contributed by atoms with E-state index in [-0.39, 0.29) is 0 Å². The molecule has 1 saturated carbocycles. The van der Waals surface area contributed by atoms with Crippen molar-refractivity contribution < 1.29 is 10.2 Å². The van der Waals surface area contributed by atoms with Crippen molar-refractivity contribution in [3.05, 3.63) is 12.2 Å². The fourth-order valence-electron chi connectivity index (χ4n) is 1.72. The fourth-order valence-corrected chi connectivity index (χ4v) is 1.72. The Morgan fingerprint density at radius 1 is 1.58 bits per heavy atom. The lowest BCUT2D eigenvalue weighted by Crippen LogP contribution is -2.44. The Balaban J connectivity index is 2.58. The number of aliphatic hydroxyl groups is 2. The topological polar surface area (TPSA) is 40.5 Å².